The first kappa shape index (κ1) is 23.5. The summed E-state index contributed by atoms with van der Waals surface area (Å²) in [4.78, 5) is 26.6. The minimum atomic E-state index is -0.302. The number of hydrogen-bond donors (Lipinski definition) is 2. The molecule has 0 atom stereocenters. The molecule has 0 heterocycles. The Bertz CT molecular complexity index is 675. The normalized spacial score (nSPS) is 14.7. The molecule has 0 aromatic heterocycles. The molecule has 0 spiro atoms. The van der Waals surface area contributed by atoms with Crippen molar-refractivity contribution in [2.45, 2.75) is 58.4 Å². The number of anilines is 1. The zero-order valence-electron chi connectivity index (χ0n) is 17.8. The molecule has 0 unspecified atom stereocenters. The van der Waals surface area contributed by atoms with Crippen molar-refractivity contribution < 1.29 is 14.3 Å². The fourth-order valence-electron chi connectivity index (χ4n) is 3.46. The highest BCUT2D eigenvalue weighted by molar-refractivity contribution is 6.34. The van der Waals surface area contributed by atoms with Crippen LogP contribution in [0.3, 0.4) is 0 Å². The molecule has 1 fully saturated rings. The Balaban J connectivity index is 1.80. The lowest BCUT2D eigenvalue weighted by molar-refractivity contribution is 0.0696. The average Bonchev–Trinajstić information content (AvgIpc) is 2.70. The molecule has 0 radical (unpaired) electrons. The Hall–Kier alpha value is -1.79. The van der Waals surface area contributed by atoms with Gasteiger partial charge in [-0.2, -0.15) is 0 Å². The maximum absolute atomic E-state index is 12.8. The number of carbonyl (C=O) groups excluding carboxylic acids is 2. The molecule has 1 saturated carbocycles. The number of rotatable bonds is 9. The summed E-state index contributed by atoms with van der Waals surface area (Å²) >= 11 is 6.34. The Morgan fingerprint density at radius 2 is 1.97 bits per heavy atom. The molecule has 6 nitrogen and oxygen atoms in total. The van der Waals surface area contributed by atoms with Crippen molar-refractivity contribution in [3.8, 4) is 0 Å². The fourth-order valence-corrected chi connectivity index (χ4v) is 3.72. The fraction of sp³-hybridized carbons (Fsp3) is 0.636. The SMILES string of the molecule is CC(C)COCCCNC(=O)Nc1ccc(C(=O)N(C)C2CCCCC2)c(Cl)c1. The number of benzene rings is 1. The molecular weight excluding hydrogens is 390 g/mol. The maximum Gasteiger partial charge on any atom is 0.319 e. The van der Waals surface area contributed by atoms with Gasteiger partial charge in [0, 0.05) is 38.5 Å². The van der Waals surface area contributed by atoms with E-state index in [0.29, 0.717) is 35.3 Å². The maximum atomic E-state index is 12.8. The van der Waals surface area contributed by atoms with Crippen LogP contribution in [0.1, 0.15) is 62.7 Å². The van der Waals surface area contributed by atoms with Gasteiger partial charge in [-0.25, -0.2) is 4.79 Å². The lowest BCUT2D eigenvalue weighted by Crippen LogP contribution is -2.38. The average molecular weight is 424 g/mol. The predicted molar refractivity (Wildman–Crippen MR) is 118 cm³/mol. The number of carbonyl (C=O) groups is 2. The van der Waals surface area contributed by atoms with Crippen LogP contribution in [-0.4, -0.2) is 49.7 Å². The number of amides is 3. The van der Waals surface area contributed by atoms with Gasteiger partial charge in [-0.3, -0.25) is 4.79 Å². The summed E-state index contributed by atoms with van der Waals surface area (Å²) in [6, 6.07) is 4.98. The summed E-state index contributed by atoms with van der Waals surface area (Å²) in [6.45, 7) is 6.08. The van der Waals surface area contributed by atoms with Crippen LogP contribution in [0.4, 0.5) is 10.5 Å². The summed E-state index contributed by atoms with van der Waals surface area (Å²) in [5.74, 6) is 0.438. The van der Waals surface area contributed by atoms with E-state index < -0.39 is 0 Å². The quantitative estimate of drug-likeness (QED) is 0.553. The van der Waals surface area contributed by atoms with E-state index in [1.54, 1.807) is 18.2 Å². The second kappa shape index (κ2) is 12.0. The van der Waals surface area contributed by atoms with Crippen molar-refractivity contribution in [1.29, 1.82) is 0 Å². The molecule has 29 heavy (non-hydrogen) atoms. The second-order valence-corrected chi connectivity index (χ2v) is 8.51. The number of ether oxygens (including phenoxy) is 1. The van der Waals surface area contributed by atoms with E-state index in [9.17, 15) is 9.59 Å². The standard InChI is InChI=1S/C22H34ClN3O3/c1-16(2)15-29-13-7-12-24-22(28)25-17-10-11-19(20(23)14-17)21(27)26(3)18-8-5-4-6-9-18/h10-11,14,16,18H,4-9,12-13,15H2,1-3H3,(H2,24,25,28). The first-order valence-electron chi connectivity index (χ1n) is 10.6. The Morgan fingerprint density at radius 1 is 1.24 bits per heavy atom. The van der Waals surface area contributed by atoms with Gasteiger partial charge < -0.3 is 20.3 Å². The number of nitrogens with one attached hydrogen (secondary N) is 2. The van der Waals surface area contributed by atoms with E-state index in [2.05, 4.69) is 24.5 Å². The van der Waals surface area contributed by atoms with Gasteiger partial charge >= 0.3 is 6.03 Å². The molecule has 3 amide bonds. The van der Waals surface area contributed by atoms with Gasteiger partial charge in [0.2, 0.25) is 0 Å². The number of urea groups is 1. The van der Waals surface area contributed by atoms with Crippen molar-refractivity contribution in [1.82, 2.24) is 10.2 Å². The molecular formula is C22H34ClN3O3. The van der Waals surface area contributed by atoms with E-state index in [-0.39, 0.29) is 18.0 Å². The van der Waals surface area contributed by atoms with Gasteiger partial charge in [0.05, 0.1) is 10.6 Å². The van der Waals surface area contributed by atoms with E-state index in [4.69, 9.17) is 16.3 Å². The van der Waals surface area contributed by atoms with Crippen LogP contribution in [0.2, 0.25) is 5.02 Å². The molecule has 1 aromatic rings. The molecule has 2 N–H and O–H groups in total. The molecule has 7 heteroatoms. The van der Waals surface area contributed by atoms with Gasteiger partial charge in [0.1, 0.15) is 0 Å². The van der Waals surface area contributed by atoms with Gasteiger partial charge in [0.25, 0.3) is 5.91 Å². The lowest BCUT2D eigenvalue weighted by atomic mass is 9.94. The van der Waals surface area contributed by atoms with Crippen LogP contribution in [0.15, 0.2) is 18.2 Å². The monoisotopic (exact) mass is 423 g/mol. The largest absolute Gasteiger partial charge is 0.381 e. The second-order valence-electron chi connectivity index (χ2n) is 8.11. The lowest BCUT2D eigenvalue weighted by Gasteiger charge is -2.31. The van der Waals surface area contributed by atoms with E-state index >= 15 is 0 Å². The highest BCUT2D eigenvalue weighted by Crippen LogP contribution is 2.26. The first-order valence-corrected chi connectivity index (χ1v) is 11.0. The van der Waals surface area contributed by atoms with Crippen molar-refractivity contribution in [2.75, 3.05) is 32.1 Å². The van der Waals surface area contributed by atoms with E-state index in [1.165, 1.54) is 6.42 Å². The number of hydrogen-bond acceptors (Lipinski definition) is 3. The van der Waals surface area contributed by atoms with Gasteiger partial charge in [-0.15, -0.1) is 0 Å². The van der Waals surface area contributed by atoms with Crippen LogP contribution in [0.25, 0.3) is 0 Å². The van der Waals surface area contributed by atoms with Crippen LogP contribution in [-0.2, 0) is 4.74 Å². The smallest absolute Gasteiger partial charge is 0.319 e. The van der Waals surface area contributed by atoms with E-state index in [1.807, 2.05) is 11.9 Å². The van der Waals surface area contributed by atoms with Crippen LogP contribution >= 0.6 is 11.6 Å². The third kappa shape index (κ3) is 7.86. The van der Waals surface area contributed by atoms with Crippen LogP contribution < -0.4 is 10.6 Å². The number of nitrogens with zero attached hydrogens (tertiary/aromatic N) is 1. The van der Waals surface area contributed by atoms with Crippen molar-refractivity contribution in [2.24, 2.45) is 5.92 Å². The van der Waals surface area contributed by atoms with Gasteiger partial charge in [0.15, 0.2) is 0 Å². The highest BCUT2D eigenvalue weighted by Gasteiger charge is 2.24. The van der Waals surface area contributed by atoms with E-state index in [0.717, 1.165) is 38.7 Å². The highest BCUT2D eigenvalue weighted by atomic mass is 35.5. The van der Waals surface area contributed by atoms with Crippen molar-refractivity contribution in [3.63, 3.8) is 0 Å². The Kier molecular flexibility index (Phi) is 9.74. The molecule has 0 saturated heterocycles. The summed E-state index contributed by atoms with van der Waals surface area (Å²) in [7, 11) is 1.85. The zero-order valence-corrected chi connectivity index (χ0v) is 18.6. The first-order chi connectivity index (χ1) is 13.9. The molecule has 0 aliphatic heterocycles. The molecule has 1 aliphatic carbocycles. The summed E-state index contributed by atoms with van der Waals surface area (Å²) in [5.41, 5.74) is 1.02. The third-order valence-electron chi connectivity index (χ3n) is 5.10. The van der Waals surface area contributed by atoms with Gasteiger partial charge in [-0.1, -0.05) is 44.7 Å². The minimum Gasteiger partial charge on any atom is -0.381 e. The van der Waals surface area contributed by atoms with Crippen molar-refractivity contribution in [3.05, 3.63) is 28.8 Å². The minimum absolute atomic E-state index is 0.0701. The third-order valence-corrected chi connectivity index (χ3v) is 5.42. The Labute approximate surface area is 179 Å². The van der Waals surface area contributed by atoms with Crippen molar-refractivity contribution >= 4 is 29.2 Å². The van der Waals surface area contributed by atoms with Crippen LogP contribution in [0.5, 0.6) is 0 Å². The predicted octanol–water partition coefficient (Wildman–Crippen LogP) is 4.93. The molecule has 0 bridgehead atoms. The summed E-state index contributed by atoms with van der Waals surface area (Å²) in [6.07, 6.45) is 6.41. The summed E-state index contributed by atoms with van der Waals surface area (Å²) < 4.78 is 5.48. The Morgan fingerprint density at radius 3 is 2.62 bits per heavy atom. The molecule has 2 rings (SSSR count). The topological polar surface area (TPSA) is 70.7 Å². The van der Waals surface area contributed by atoms with Gasteiger partial charge in [-0.05, 0) is 43.4 Å². The zero-order chi connectivity index (χ0) is 21.2. The molecule has 1 aromatic carbocycles. The summed E-state index contributed by atoms with van der Waals surface area (Å²) in [5, 5.41) is 5.88. The number of halogens is 1. The van der Waals surface area contributed by atoms with Crippen LogP contribution in [0, 0.1) is 5.92 Å². The molecule has 1 aliphatic rings. The molecule has 162 valence electrons.